The minimum atomic E-state index is -3.55. The van der Waals surface area contributed by atoms with Gasteiger partial charge in [0, 0.05) is 31.1 Å². The van der Waals surface area contributed by atoms with Crippen molar-refractivity contribution in [3.8, 4) is 0 Å². The first-order chi connectivity index (χ1) is 15.3. The van der Waals surface area contributed by atoms with Crippen LogP contribution in [0.4, 0.5) is 0 Å². The number of fused-ring (bicyclic) bond motifs is 2. The van der Waals surface area contributed by atoms with Crippen LogP contribution in [-0.2, 0) is 16.6 Å². The number of thiophene rings is 1. The number of sulfonamides is 1. The largest absolute Gasteiger partial charge is 0.309 e. The van der Waals surface area contributed by atoms with Gasteiger partial charge in [-0.1, -0.05) is 30.3 Å². The second-order valence-corrected chi connectivity index (χ2v) is 11.3. The summed E-state index contributed by atoms with van der Waals surface area (Å²) in [5, 5.41) is 2.60. The molecule has 0 bridgehead atoms. The van der Waals surface area contributed by atoms with Crippen molar-refractivity contribution >= 4 is 42.3 Å². The molecule has 0 amide bonds. The Morgan fingerprint density at radius 1 is 1.03 bits per heavy atom. The lowest BCUT2D eigenvalue weighted by molar-refractivity contribution is 0.178. The number of rotatable bonds is 4. The first-order valence-corrected chi connectivity index (χ1v) is 12.8. The highest BCUT2D eigenvalue weighted by Crippen LogP contribution is 2.26. The highest BCUT2D eigenvalue weighted by Gasteiger charge is 2.29. The smallest absolute Gasteiger partial charge is 0.259 e. The van der Waals surface area contributed by atoms with Crippen molar-refractivity contribution in [3.63, 3.8) is 0 Å². The zero-order chi connectivity index (χ0) is 22.5. The Kier molecular flexibility index (Phi) is 5.37. The number of hydrogen-bond donors (Lipinski definition) is 1. The van der Waals surface area contributed by atoms with Crippen LogP contribution in [0.3, 0.4) is 0 Å². The number of piperazine rings is 1. The quantitative estimate of drug-likeness (QED) is 0.497. The summed E-state index contributed by atoms with van der Waals surface area (Å²) in [6.07, 6.45) is 0. The number of hydrogen-bond acceptors (Lipinski definition) is 6. The lowest BCUT2D eigenvalue weighted by atomic mass is 10.1. The van der Waals surface area contributed by atoms with Crippen LogP contribution >= 0.6 is 11.3 Å². The number of nitrogens with zero attached hydrogens (tertiary/aromatic N) is 3. The van der Waals surface area contributed by atoms with E-state index in [9.17, 15) is 13.2 Å². The SMILES string of the molecule is Cc1sc2nc(CN3CCN(S(=O)(=O)c4ccc5ccccc5c4)CC3)[nH]c(=O)c2c1C. The summed E-state index contributed by atoms with van der Waals surface area (Å²) < 4.78 is 27.9. The molecule has 0 saturated carbocycles. The maximum Gasteiger partial charge on any atom is 0.259 e. The van der Waals surface area contributed by atoms with E-state index in [-0.39, 0.29) is 5.56 Å². The summed E-state index contributed by atoms with van der Waals surface area (Å²) in [4.78, 5) is 24.4. The Hall–Kier alpha value is -2.59. The summed E-state index contributed by atoms with van der Waals surface area (Å²) in [5.74, 6) is 0.620. The molecule has 1 fully saturated rings. The average molecular weight is 469 g/mol. The summed E-state index contributed by atoms with van der Waals surface area (Å²) in [7, 11) is -3.55. The Balaban J connectivity index is 1.30. The molecule has 0 spiro atoms. The van der Waals surface area contributed by atoms with Crippen molar-refractivity contribution in [1.29, 1.82) is 0 Å². The Labute approximate surface area is 190 Å². The van der Waals surface area contributed by atoms with Gasteiger partial charge in [0.2, 0.25) is 10.0 Å². The molecule has 5 rings (SSSR count). The van der Waals surface area contributed by atoms with E-state index >= 15 is 0 Å². The van der Waals surface area contributed by atoms with E-state index in [1.165, 1.54) is 11.3 Å². The second kappa shape index (κ2) is 8.08. The fraction of sp³-hybridized carbons (Fsp3) is 0.304. The van der Waals surface area contributed by atoms with Crippen LogP contribution in [0.15, 0.2) is 52.2 Å². The average Bonchev–Trinajstić information content (AvgIpc) is 3.07. The minimum absolute atomic E-state index is 0.107. The maximum absolute atomic E-state index is 13.2. The Morgan fingerprint density at radius 2 is 1.75 bits per heavy atom. The summed E-state index contributed by atoms with van der Waals surface area (Å²) in [5.41, 5.74) is 0.877. The molecule has 32 heavy (non-hydrogen) atoms. The molecule has 0 unspecified atom stereocenters. The van der Waals surface area contributed by atoms with Gasteiger partial charge in [-0.05, 0) is 42.3 Å². The van der Waals surface area contributed by atoms with Crippen LogP contribution < -0.4 is 5.56 Å². The first-order valence-electron chi connectivity index (χ1n) is 10.5. The summed E-state index contributed by atoms with van der Waals surface area (Å²) in [6, 6.07) is 13.0. The van der Waals surface area contributed by atoms with Crippen LogP contribution in [-0.4, -0.2) is 53.8 Å². The molecule has 1 aliphatic heterocycles. The monoisotopic (exact) mass is 468 g/mol. The van der Waals surface area contributed by atoms with Crippen LogP contribution in [0.5, 0.6) is 0 Å². The van der Waals surface area contributed by atoms with Gasteiger partial charge in [-0.25, -0.2) is 13.4 Å². The molecule has 0 aliphatic carbocycles. The fourth-order valence-corrected chi connectivity index (χ4v) is 6.70. The van der Waals surface area contributed by atoms with E-state index in [1.807, 2.05) is 44.2 Å². The number of H-pyrrole nitrogens is 1. The van der Waals surface area contributed by atoms with E-state index in [2.05, 4.69) is 14.9 Å². The normalized spacial score (nSPS) is 16.2. The number of aromatic nitrogens is 2. The molecule has 1 saturated heterocycles. The van der Waals surface area contributed by atoms with Gasteiger partial charge in [0.25, 0.3) is 5.56 Å². The van der Waals surface area contributed by atoms with Gasteiger partial charge < -0.3 is 4.98 Å². The predicted molar refractivity (Wildman–Crippen MR) is 128 cm³/mol. The molecule has 9 heteroatoms. The predicted octanol–water partition coefficient (Wildman–Crippen LogP) is 3.26. The van der Waals surface area contributed by atoms with Crippen LogP contribution in [0, 0.1) is 13.8 Å². The molecular formula is C23H24N4O3S2. The Morgan fingerprint density at radius 3 is 2.50 bits per heavy atom. The van der Waals surface area contributed by atoms with E-state index < -0.39 is 10.0 Å². The van der Waals surface area contributed by atoms with Crippen LogP contribution in [0.25, 0.3) is 21.0 Å². The number of aromatic amines is 1. The molecule has 4 aromatic rings. The molecule has 0 radical (unpaired) electrons. The van der Waals surface area contributed by atoms with E-state index in [0.29, 0.717) is 48.8 Å². The highest BCUT2D eigenvalue weighted by atomic mass is 32.2. The van der Waals surface area contributed by atoms with Crippen molar-refractivity contribution < 1.29 is 8.42 Å². The molecular weight excluding hydrogens is 444 g/mol. The fourth-order valence-electron chi connectivity index (χ4n) is 4.19. The molecule has 0 atom stereocenters. The lowest BCUT2D eigenvalue weighted by Crippen LogP contribution is -2.48. The second-order valence-electron chi connectivity index (χ2n) is 8.17. The van der Waals surface area contributed by atoms with Gasteiger partial charge in [0.15, 0.2) is 0 Å². The third-order valence-electron chi connectivity index (χ3n) is 6.15. The molecule has 3 heterocycles. The molecule has 1 N–H and O–H groups in total. The van der Waals surface area contributed by atoms with Crippen molar-refractivity contribution in [3.05, 3.63) is 69.1 Å². The molecule has 2 aromatic carbocycles. The standard InChI is InChI=1S/C23H24N4O3S2/c1-15-16(2)31-23-21(15)22(28)24-20(25-23)14-26-9-11-27(12-10-26)32(29,30)19-8-7-17-5-3-4-6-18(17)13-19/h3-8,13H,9-12,14H2,1-2H3,(H,24,25,28). The zero-order valence-corrected chi connectivity index (χ0v) is 19.6. The van der Waals surface area contributed by atoms with Gasteiger partial charge in [0.1, 0.15) is 10.7 Å². The van der Waals surface area contributed by atoms with Crippen molar-refractivity contribution in [1.82, 2.24) is 19.2 Å². The van der Waals surface area contributed by atoms with E-state index in [0.717, 1.165) is 26.0 Å². The number of nitrogens with one attached hydrogen (secondary N) is 1. The van der Waals surface area contributed by atoms with E-state index in [4.69, 9.17) is 0 Å². The van der Waals surface area contributed by atoms with Crippen molar-refractivity contribution in [2.75, 3.05) is 26.2 Å². The molecule has 166 valence electrons. The number of aryl methyl sites for hydroxylation is 2. The van der Waals surface area contributed by atoms with Crippen molar-refractivity contribution in [2.24, 2.45) is 0 Å². The van der Waals surface area contributed by atoms with Crippen LogP contribution in [0.1, 0.15) is 16.3 Å². The van der Waals surface area contributed by atoms with Gasteiger partial charge in [-0.3, -0.25) is 9.69 Å². The van der Waals surface area contributed by atoms with Gasteiger partial charge in [-0.15, -0.1) is 11.3 Å². The molecule has 1 aliphatic rings. The topological polar surface area (TPSA) is 86.4 Å². The molecule has 7 nitrogen and oxygen atoms in total. The first kappa shape index (κ1) is 21.3. The third-order valence-corrected chi connectivity index (χ3v) is 9.15. The Bertz CT molecular complexity index is 1480. The number of benzene rings is 2. The van der Waals surface area contributed by atoms with Gasteiger partial charge in [-0.2, -0.15) is 4.31 Å². The summed E-state index contributed by atoms with van der Waals surface area (Å²) >= 11 is 1.53. The van der Waals surface area contributed by atoms with Gasteiger partial charge in [0.05, 0.1) is 16.8 Å². The summed E-state index contributed by atoms with van der Waals surface area (Å²) in [6.45, 7) is 6.40. The maximum atomic E-state index is 13.2. The van der Waals surface area contributed by atoms with E-state index in [1.54, 1.807) is 16.4 Å². The zero-order valence-electron chi connectivity index (χ0n) is 18.0. The van der Waals surface area contributed by atoms with Crippen molar-refractivity contribution in [2.45, 2.75) is 25.3 Å². The highest BCUT2D eigenvalue weighted by molar-refractivity contribution is 7.89. The minimum Gasteiger partial charge on any atom is -0.309 e. The molecule has 2 aromatic heterocycles. The third kappa shape index (κ3) is 3.75. The van der Waals surface area contributed by atoms with Gasteiger partial charge >= 0.3 is 0 Å². The van der Waals surface area contributed by atoms with Crippen LogP contribution in [0.2, 0.25) is 0 Å². The lowest BCUT2D eigenvalue weighted by Gasteiger charge is -2.33.